The van der Waals surface area contributed by atoms with E-state index in [2.05, 4.69) is 0 Å². The molecule has 0 unspecified atom stereocenters. The third-order valence-corrected chi connectivity index (χ3v) is 7.28. The maximum Gasteiger partial charge on any atom is 0.263 e. The molecule has 136 valence electrons. The Morgan fingerprint density at radius 1 is 1.36 bits per heavy atom. The summed E-state index contributed by atoms with van der Waals surface area (Å²) in [6, 6.07) is 0. The summed E-state index contributed by atoms with van der Waals surface area (Å²) in [6.07, 6.45) is 7.02. The van der Waals surface area contributed by atoms with Crippen molar-refractivity contribution in [3.63, 3.8) is 0 Å². The Bertz CT molecular complexity index is 809. The molecular formula is C18H24N2O3S2. The van der Waals surface area contributed by atoms with E-state index in [1.807, 2.05) is 4.57 Å². The molecule has 25 heavy (non-hydrogen) atoms. The van der Waals surface area contributed by atoms with Crippen molar-refractivity contribution in [1.29, 1.82) is 0 Å². The highest BCUT2D eigenvalue weighted by Crippen LogP contribution is 2.35. The van der Waals surface area contributed by atoms with Gasteiger partial charge in [0.1, 0.15) is 4.83 Å². The van der Waals surface area contributed by atoms with Crippen LogP contribution in [0.3, 0.4) is 0 Å². The first-order chi connectivity index (χ1) is 12.3. The Balaban J connectivity index is 1.67. The molecule has 0 bridgehead atoms. The lowest BCUT2D eigenvalue weighted by molar-refractivity contribution is 0.0315. The third kappa shape index (κ3) is 3.52. The van der Waals surface area contributed by atoms with Crippen molar-refractivity contribution in [2.24, 2.45) is 0 Å². The van der Waals surface area contributed by atoms with Crippen molar-refractivity contribution >= 4 is 33.3 Å². The molecule has 2 aromatic heterocycles. The molecule has 1 fully saturated rings. The van der Waals surface area contributed by atoms with Crippen LogP contribution in [0.4, 0.5) is 0 Å². The van der Waals surface area contributed by atoms with Gasteiger partial charge in [-0.25, -0.2) is 4.98 Å². The molecule has 1 aliphatic carbocycles. The number of nitrogens with zero attached hydrogens (tertiary/aromatic N) is 2. The summed E-state index contributed by atoms with van der Waals surface area (Å²) >= 11 is 3.36. The average molecular weight is 381 g/mol. The maximum atomic E-state index is 13.2. The SMILES string of the molecule is COCCn1c(SC[C@@H]2CCCCO2)nc2sc3c(c2c1=O)CCC3. The van der Waals surface area contributed by atoms with E-state index in [0.29, 0.717) is 13.2 Å². The quantitative estimate of drug-likeness (QED) is 0.569. The lowest BCUT2D eigenvalue weighted by Crippen LogP contribution is -2.26. The normalized spacial score (nSPS) is 20.3. The van der Waals surface area contributed by atoms with Crippen molar-refractivity contribution in [2.45, 2.75) is 56.3 Å². The van der Waals surface area contributed by atoms with Crippen LogP contribution in [0.25, 0.3) is 10.2 Å². The summed E-state index contributed by atoms with van der Waals surface area (Å²) in [5.74, 6) is 0.857. The van der Waals surface area contributed by atoms with Gasteiger partial charge < -0.3 is 9.47 Å². The van der Waals surface area contributed by atoms with Crippen LogP contribution in [0, 0.1) is 0 Å². The first-order valence-electron chi connectivity index (χ1n) is 9.06. The minimum atomic E-state index is 0.105. The third-order valence-electron chi connectivity index (χ3n) is 4.98. The summed E-state index contributed by atoms with van der Waals surface area (Å²) in [7, 11) is 1.67. The molecule has 0 aromatic carbocycles. The van der Waals surface area contributed by atoms with E-state index in [0.717, 1.165) is 59.8 Å². The van der Waals surface area contributed by atoms with E-state index in [1.54, 1.807) is 30.2 Å². The highest BCUT2D eigenvalue weighted by molar-refractivity contribution is 7.99. The smallest absolute Gasteiger partial charge is 0.263 e. The van der Waals surface area contributed by atoms with Crippen LogP contribution in [0.15, 0.2) is 9.95 Å². The van der Waals surface area contributed by atoms with Crippen molar-refractivity contribution in [3.05, 3.63) is 20.8 Å². The molecule has 1 saturated heterocycles. The molecule has 0 amide bonds. The van der Waals surface area contributed by atoms with Crippen LogP contribution in [-0.2, 0) is 28.9 Å². The van der Waals surface area contributed by atoms with Gasteiger partial charge in [-0.15, -0.1) is 11.3 Å². The number of aryl methyl sites for hydroxylation is 2. The van der Waals surface area contributed by atoms with Crippen molar-refractivity contribution in [1.82, 2.24) is 9.55 Å². The van der Waals surface area contributed by atoms with Crippen LogP contribution >= 0.6 is 23.1 Å². The highest BCUT2D eigenvalue weighted by Gasteiger charge is 2.24. The number of thiophene rings is 1. The van der Waals surface area contributed by atoms with E-state index >= 15 is 0 Å². The molecule has 0 radical (unpaired) electrons. The molecule has 3 heterocycles. The molecule has 0 saturated carbocycles. The number of fused-ring (bicyclic) bond motifs is 3. The van der Waals surface area contributed by atoms with Crippen molar-refractivity contribution in [2.75, 3.05) is 26.1 Å². The average Bonchev–Trinajstić information content (AvgIpc) is 3.21. The van der Waals surface area contributed by atoms with Crippen molar-refractivity contribution < 1.29 is 9.47 Å². The van der Waals surface area contributed by atoms with Crippen LogP contribution in [0.5, 0.6) is 0 Å². The zero-order chi connectivity index (χ0) is 17.2. The zero-order valence-electron chi connectivity index (χ0n) is 14.6. The molecule has 4 rings (SSSR count). The summed E-state index contributed by atoms with van der Waals surface area (Å²) < 4.78 is 12.9. The number of ether oxygens (including phenoxy) is 2. The van der Waals surface area contributed by atoms with E-state index in [1.165, 1.54) is 16.9 Å². The van der Waals surface area contributed by atoms with Gasteiger partial charge in [0.2, 0.25) is 0 Å². The van der Waals surface area contributed by atoms with Gasteiger partial charge in [0.25, 0.3) is 5.56 Å². The van der Waals surface area contributed by atoms with E-state index in [-0.39, 0.29) is 11.7 Å². The van der Waals surface area contributed by atoms with Gasteiger partial charge in [-0.05, 0) is 44.1 Å². The lowest BCUT2D eigenvalue weighted by Gasteiger charge is -2.22. The van der Waals surface area contributed by atoms with Gasteiger partial charge in [0.15, 0.2) is 5.16 Å². The van der Waals surface area contributed by atoms with E-state index in [4.69, 9.17) is 14.5 Å². The number of hydrogen-bond donors (Lipinski definition) is 0. The van der Waals surface area contributed by atoms with Gasteiger partial charge in [-0.3, -0.25) is 9.36 Å². The van der Waals surface area contributed by atoms with Gasteiger partial charge in [0.05, 0.1) is 24.6 Å². The number of thioether (sulfide) groups is 1. The molecule has 0 N–H and O–H groups in total. The summed E-state index contributed by atoms with van der Waals surface area (Å²) in [6.45, 7) is 1.93. The van der Waals surface area contributed by atoms with E-state index < -0.39 is 0 Å². The first kappa shape index (κ1) is 17.5. The number of aromatic nitrogens is 2. The Hall–Kier alpha value is -0.890. The first-order valence-corrected chi connectivity index (χ1v) is 10.9. The molecule has 2 aromatic rings. The Kier molecular flexibility index (Phi) is 5.45. The minimum Gasteiger partial charge on any atom is -0.383 e. The van der Waals surface area contributed by atoms with Gasteiger partial charge in [0, 0.05) is 24.3 Å². The van der Waals surface area contributed by atoms with Crippen LogP contribution < -0.4 is 5.56 Å². The second kappa shape index (κ2) is 7.78. The second-order valence-corrected chi connectivity index (χ2v) is 8.75. The number of rotatable bonds is 6. The van der Waals surface area contributed by atoms with Crippen LogP contribution in [0.2, 0.25) is 0 Å². The van der Waals surface area contributed by atoms with Gasteiger partial charge >= 0.3 is 0 Å². The lowest BCUT2D eigenvalue weighted by atomic mass is 10.1. The molecule has 1 aliphatic heterocycles. The fourth-order valence-corrected chi connectivity index (χ4v) is 6.05. The predicted molar refractivity (Wildman–Crippen MR) is 102 cm³/mol. The molecule has 0 spiro atoms. The molecular weight excluding hydrogens is 356 g/mol. The topological polar surface area (TPSA) is 53.4 Å². The molecule has 2 aliphatic rings. The number of hydrogen-bond acceptors (Lipinski definition) is 6. The summed E-state index contributed by atoms with van der Waals surface area (Å²) in [4.78, 5) is 20.3. The molecule has 1 atom stereocenters. The fourth-order valence-electron chi connectivity index (χ4n) is 3.65. The fraction of sp³-hybridized carbons (Fsp3) is 0.667. The zero-order valence-corrected chi connectivity index (χ0v) is 16.2. The van der Waals surface area contributed by atoms with Crippen molar-refractivity contribution in [3.8, 4) is 0 Å². The molecule has 5 nitrogen and oxygen atoms in total. The van der Waals surface area contributed by atoms with Crippen LogP contribution in [-0.4, -0.2) is 41.7 Å². The molecule has 7 heteroatoms. The standard InChI is InChI=1S/C18H24N2O3S2/c1-22-10-8-20-17(21)15-13-6-4-7-14(13)25-16(15)19-18(20)24-11-12-5-2-3-9-23-12/h12H,2-11H2,1H3/t12-/m0/s1. The minimum absolute atomic E-state index is 0.105. The number of methoxy groups -OCH3 is 1. The Morgan fingerprint density at radius 2 is 2.28 bits per heavy atom. The monoisotopic (exact) mass is 380 g/mol. The largest absolute Gasteiger partial charge is 0.383 e. The second-order valence-electron chi connectivity index (χ2n) is 6.68. The predicted octanol–water partition coefficient (Wildman–Crippen LogP) is 3.25. The Morgan fingerprint density at radius 3 is 3.08 bits per heavy atom. The maximum absolute atomic E-state index is 13.2. The van der Waals surface area contributed by atoms with Crippen LogP contribution in [0.1, 0.15) is 36.1 Å². The Labute approximate surface area is 155 Å². The van der Waals surface area contributed by atoms with E-state index in [9.17, 15) is 4.79 Å². The van der Waals surface area contributed by atoms with Gasteiger partial charge in [-0.2, -0.15) is 0 Å². The summed E-state index contributed by atoms with van der Waals surface area (Å²) in [5.41, 5.74) is 1.35. The highest BCUT2D eigenvalue weighted by atomic mass is 32.2. The van der Waals surface area contributed by atoms with Gasteiger partial charge in [-0.1, -0.05) is 11.8 Å². The summed E-state index contributed by atoms with van der Waals surface area (Å²) in [5, 5.41) is 1.66.